The number of benzene rings is 3. The van der Waals surface area contributed by atoms with Crippen LogP contribution < -0.4 is 9.47 Å². The van der Waals surface area contributed by atoms with Crippen molar-refractivity contribution < 1.29 is 9.47 Å². The average Bonchev–Trinajstić information content (AvgIpc) is 2.67. The third-order valence-electron chi connectivity index (χ3n) is 4.05. The van der Waals surface area contributed by atoms with Crippen LogP contribution in [0.25, 0.3) is 0 Å². The molecule has 0 spiro atoms. The molecule has 3 aromatic carbocycles. The Morgan fingerprint density at radius 3 is 2.56 bits per heavy atom. The van der Waals surface area contributed by atoms with E-state index in [0.717, 1.165) is 25.9 Å². The van der Waals surface area contributed by atoms with Crippen LogP contribution in [-0.4, -0.2) is 13.3 Å². The molecule has 0 heterocycles. The Bertz CT molecular complexity index is 972. The quantitative estimate of drug-likeness (QED) is 0.288. The molecule has 0 bridgehead atoms. The third-order valence-corrected chi connectivity index (χ3v) is 5.22. The molecular weight excluding hydrogens is 473 g/mol. The Kier molecular flexibility index (Phi) is 6.74. The van der Waals surface area contributed by atoms with Gasteiger partial charge in [0.2, 0.25) is 0 Å². The van der Waals surface area contributed by atoms with Crippen molar-refractivity contribution in [2.24, 2.45) is 4.99 Å². The molecule has 0 saturated carbocycles. The van der Waals surface area contributed by atoms with Crippen LogP contribution in [0.3, 0.4) is 0 Å². The summed E-state index contributed by atoms with van der Waals surface area (Å²) in [5, 5.41) is 0.688. The van der Waals surface area contributed by atoms with E-state index in [1.54, 1.807) is 7.11 Å². The smallest absolute Gasteiger partial charge is 0.174 e. The molecule has 0 aromatic heterocycles. The van der Waals surface area contributed by atoms with Crippen molar-refractivity contribution in [3.8, 4) is 11.5 Å². The van der Waals surface area contributed by atoms with E-state index in [1.165, 1.54) is 0 Å². The number of nitrogens with zero attached hydrogens (tertiary/aromatic N) is 1. The topological polar surface area (TPSA) is 30.8 Å². The summed E-state index contributed by atoms with van der Waals surface area (Å²) in [7, 11) is 1.63. The average molecular weight is 492 g/mol. The Hall–Kier alpha value is -2.05. The van der Waals surface area contributed by atoms with Gasteiger partial charge in [0.1, 0.15) is 6.61 Å². The second kappa shape index (κ2) is 9.24. The van der Waals surface area contributed by atoms with Crippen molar-refractivity contribution in [2.75, 3.05) is 7.11 Å². The van der Waals surface area contributed by atoms with Gasteiger partial charge in [-0.25, -0.2) is 0 Å². The van der Waals surface area contributed by atoms with Gasteiger partial charge in [-0.3, -0.25) is 4.99 Å². The van der Waals surface area contributed by atoms with Gasteiger partial charge in [0.25, 0.3) is 0 Å². The summed E-state index contributed by atoms with van der Waals surface area (Å²) in [5.74, 6) is 1.37. The van der Waals surface area contributed by atoms with Gasteiger partial charge in [-0.15, -0.1) is 0 Å². The summed E-state index contributed by atoms with van der Waals surface area (Å²) in [6, 6.07) is 19.6. The highest BCUT2D eigenvalue weighted by molar-refractivity contribution is 14.1. The van der Waals surface area contributed by atoms with E-state index >= 15 is 0 Å². The fourth-order valence-electron chi connectivity index (χ4n) is 2.57. The summed E-state index contributed by atoms with van der Waals surface area (Å²) < 4.78 is 12.5. The molecule has 27 heavy (non-hydrogen) atoms. The molecule has 3 aromatic rings. The van der Waals surface area contributed by atoms with Crippen LogP contribution in [0.15, 0.2) is 65.7 Å². The van der Waals surface area contributed by atoms with E-state index in [4.69, 9.17) is 21.1 Å². The number of aliphatic imine (C=N–C) groups is 1. The fraction of sp³-hybridized carbons (Fsp3) is 0.136. The number of hydrogen-bond acceptors (Lipinski definition) is 3. The van der Waals surface area contributed by atoms with Crippen molar-refractivity contribution in [2.45, 2.75) is 13.5 Å². The van der Waals surface area contributed by atoms with Gasteiger partial charge >= 0.3 is 0 Å². The first-order valence-electron chi connectivity index (χ1n) is 8.42. The van der Waals surface area contributed by atoms with Crippen molar-refractivity contribution in [3.63, 3.8) is 0 Å². The van der Waals surface area contributed by atoms with E-state index in [1.807, 2.05) is 73.8 Å². The SMILES string of the molecule is COc1cc(C=Nc2ccccc2C)cc(I)c1OCc1ccccc1Cl. The molecule has 0 saturated heterocycles. The zero-order valence-electron chi connectivity index (χ0n) is 15.1. The minimum Gasteiger partial charge on any atom is -0.493 e. The highest BCUT2D eigenvalue weighted by atomic mass is 127. The molecule has 0 atom stereocenters. The molecule has 0 N–H and O–H groups in total. The standard InChI is InChI=1S/C22H19ClINO2/c1-15-7-3-6-10-20(15)25-13-16-11-19(24)22(21(12-16)26-2)27-14-17-8-4-5-9-18(17)23/h3-13H,14H2,1-2H3. The van der Waals surface area contributed by atoms with Crippen molar-refractivity contribution in [1.29, 1.82) is 0 Å². The molecule has 3 nitrogen and oxygen atoms in total. The largest absolute Gasteiger partial charge is 0.493 e. The first-order chi connectivity index (χ1) is 13.1. The predicted molar refractivity (Wildman–Crippen MR) is 120 cm³/mol. The number of para-hydroxylation sites is 1. The Morgan fingerprint density at radius 1 is 1.07 bits per heavy atom. The van der Waals surface area contributed by atoms with Gasteiger partial charge in [0.15, 0.2) is 11.5 Å². The summed E-state index contributed by atoms with van der Waals surface area (Å²) in [6.07, 6.45) is 1.84. The fourth-order valence-corrected chi connectivity index (χ4v) is 3.54. The molecule has 0 unspecified atom stereocenters. The van der Waals surface area contributed by atoms with Crippen molar-refractivity contribution >= 4 is 46.1 Å². The van der Waals surface area contributed by atoms with E-state index in [9.17, 15) is 0 Å². The molecule has 0 radical (unpaired) electrons. The number of methoxy groups -OCH3 is 1. The second-order valence-electron chi connectivity index (χ2n) is 5.96. The summed E-state index contributed by atoms with van der Waals surface area (Å²) >= 11 is 8.46. The summed E-state index contributed by atoms with van der Waals surface area (Å²) in [4.78, 5) is 4.59. The highest BCUT2D eigenvalue weighted by Crippen LogP contribution is 2.34. The van der Waals surface area contributed by atoms with Crippen LogP contribution in [-0.2, 0) is 6.61 Å². The maximum atomic E-state index is 6.21. The van der Waals surface area contributed by atoms with Gasteiger partial charge in [-0.2, -0.15) is 0 Å². The lowest BCUT2D eigenvalue weighted by atomic mass is 10.2. The van der Waals surface area contributed by atoms with Crippen LogP contribution in [0.5, 0.6) is 11.5 Å². The van der Waals surface area contributed by atoms with Crippen LogP contribution in [0.4, 0.5) is 5.69 Å². The summed E-state index contributed by atoms with van der Waals surface area (Å²) in [6.45, 7) is 2.42. The third kappa shape index (κ3) is 5.02. The van der Waals surface area contributed by atoms with E-state index in [0.29, 0.717) is 23.1 Å². The van der Waals surface area contributed by atoms with Gasteiger partial charge in [-0.1, -0.05) is 48.0 Å². The van der Waals surface area contributed by atoms with Crippen LogP contribution in [0.2, 0.25) is 5.02 Å². The molecule has 0 aliphatic heterocycles. The van der Waals surface area contributed by atoms with E-state index < -0.39 is 0 Å². The molecular formula is C22H19ClINO2. The minimum absolute atomic E-state index is 0.378. The second-order valence-corrected chi connectivity index (χ2v) is 7.53. The monoisotopic (exact) mass is 491 g/mol. The predicted octanol–water partition coefficient (Wildman–Crippen LogP) is 6.59. The van der Waals surface area contributed by atoms with E-state index in [2.05, 4.69) is 27.6 Å². The normalized spacial score (nSPS) is 11.0. The highest BCUT2D eigenvalue weighted by Gasteiger charge is 2.12. The van der Waals surface area contributed by atoms with Crippen LogP contribution in [0.1, 0.15) is 16.7 Å². The number of hydrogen-bond donors (Lipinski definition) is 0. The van der Waals surface area contributed by atoms with Crippen molar-refractivity contribution in [1.82, 2.24) is 0 Å². The Balaban J connectivity index is 1.83. The molecule has 0 fully saturated rings. The first-order valence-corrected chi connectivity index (χ1v) is 9.87. The van der Waals surface area contributed by atoms with Crippen molar-refractivity contribution in [3.05, 3.63) is 85.9 Å². The minimum atomic E-state index is 0.378. The molecule has 0 aliphatic carbocycles. The maximum Gasteiger partial charge on any atom is 0.174 e. The number of ether oxygens (including phenoxy) is 2. The number of rotatable bonds is 6. The number of halogens is 2. The van der Waals surface area contributed by atoms with E-state index in [-0.39, 0.29) is 0 Å². The molecule has 0 aliphatic rings. The Labute approximate surface area is 178 Å². The lowest BCUT2D eigenvalue weighted by molar-refractivity contribution is 0.282. The zero-order chi connectivity index (χ0) is 19.2. The molecule has 3 rings (SSSR count). The lowest BCUT2D eigenvalue weighted by Crippen LogP contribution is -2.01. The first kappa shape index (κ1) is 19.7. The van der Waals surface area contributed by atoms with Gasteiger partial charge in [0, 0.05) is 16.8 Å². The van der Waals surface area contributed by atoms with Gasteiger partial charge in [0.05, 0.1) is 16.4 Å². The van der Waals surface area contributed by atoms with Crippen LogP contribution in [0, 0.1) is 10.5 Å². The molecule has 5 heteroatoms. The van der Waals surface area contributed by atoms with Gasteiger partial charge < -0.3 is 9.47 Å². The van der Waals surface area contributed by atoms with Crippen LogP contribution >= 0.6 is 34.2 Å². The van der Waals surface area contributed by atoms with Gasteiger partial charge in [-0.05, 0) is 64.9 Å². The Morgan fingerprint density at radius 2 is 1.81 bits per heavy atom. The number of aryl methyl sites for hydroxylation is 1. The zero-order valence-corrected chi connectivity index (χ0v) is 18.0. The lowest BCUT2D eigenvalue weighted by Gasteiger charge is -2.14. The molecule has 138 valence electrons. The molecule has 0 amide bonds. The maximum absolute atomic E-state index is 6.21. The summed E-state index contributed by atoms with van der Waals surface area (Å²) in [5.41, 5.74) is 3.97.